The number of β-amino-alcohol motifs (C(OH)–C–C–N with tert-alkyl or cyclic N) is 1. The fraction of sp³-hybridized carbons (Fsp3) is 0.765. The quantitative estimate of drug-likeness (QED) is 0.885. The standard InChI is InChI=1S/C17H27N7O/c1-12(2)23-9-15(19-21-23)17(25)7-4-8-22(11-17)10-16-20-18-13(3)24(16)14-5-6-14/h9,12,14,25H,4-8,10-11H2,1-3H3/t17-/m1/s1. The number of hydrogen-bond donors (Lipinski definition) is 1. The van der Waals surface area contributed by atoms with Crippen LogP contribution in [-0.4, -0.2) is 52.9 Å². The summed E-state index contributed by atoms with van der Waals surface area (Å²) in [6, 6.07) is 0.809. The number of piperidine rings is 1. The molecule has 0 unspecified atom stereocenters. The van der Waals surface area contributed by atoms with Gasteiger partial charge in [0.25, 0.3) is 0 Å². The van der Waals surface area contributed by atoms with Gasteiger partial charge in [0.1, 0.15) is 22.9 Å². The summed E-state index contributed by atoms with van der Waals surface area (Å²) in [5, 5.41) is 28.2. The summed E-state index contributed by atoms with van der Waals surface area (Å²) < 4.78 is 4.07. The highest BCUT2D eigenvalue weighted by Crippen LogP contribution is 2.37. The van der Waals surface area contributed by atoms with Crippen molar-refractivity contribution < 1.29 is 5.11 Å². The van der Waals surface area contributed by atoms with E-state index in [0.29, 0.717) is 24.7 Å². The van der Waals surface area contributed by atoms with Gasteiger partial charge >= 0.3 is 0 Å². The minimum absolute atomic E-state index is 0.240. The van der Waals surface area contributed by atoms with Crippen LogP contribution in [0.4, 0.5) is 0 Å². The van der Waals surface area contributed by atoms with Crippen LogP contribution in [0.3, 0.4) is 0 Å². The van der Waals surface area contributed by atoms with E-state index in [9.17, 15) is 5.11 Å². The Bertz CT molecular complexity index is 748. The highest BCUT2D eigenvalue weighted by Gasteiger charge is 2.38. The normalized spacial score (nSPS) is 25.0. The Balaban J connectivity index is 1.50. The summed E-state index contributed by atoms with van der Waals surface area (Å²) >= 11 is 0. The molecule has 136 valence electrons. The molecule has 2 aliphatic rings. The molecule has 1 atom stereocenters. The van der Waals surface area contributed by atoms with Gasteiger partial charge in [-0.1, -0.05) is 5.21 Å². The molecule has 8 nitrogen and oxygen atoms in total. The van der Waals surface area contributed by atoms with Crippen molar-refractivity contribution in [2.24, 2.45) is 0 Å². The van der Waals surface area contributed by atoms with Gasteiger partial charge in [0, 0.05) is 18.6 Å². The fourth-order valence-electron chi connectivity index (χ4n) is 3.74. The SMILES string of the molecule is Cc1nnc(CN2CCC[C@](O)(c3cn(C(C)C)nn3)C2)n1C1CC1. The van der Waals surface area contributed by atoms with E-state index in [0.717, 1.165) is 31.2 Å². The number of likely N-dealkylation sites (tertiary alicyclic amines) is 1. The topological polar surface area (TPSA) is 84.9 Å². The molecule has 1 saturated carbocycles. The highest BCUT2D eigenvalue weighted by atomic mass is 16.3. The first-order valence-electron chi connectivity index (χ1n) is 9.24. The number of rotatable bonds is 5. The van der Waals surface area contributed by atoms with Crippen molar-refractivity contribution in [1.29, 1.82) is 0 Å². The Kier molecular flexibility index (Phi) is 4.11. The Morgan fingerprint density at radius 3 is 2.76 bits per heavy atom. The first-order valence-corrected chi connectivity index (χ1v) is 9.24. The molecule has 8 heteroatoms. The van der Waals surface area contributed by atoms with Gasteiger partial charge < -0.3 is 9.67 Å². The van der Waals surface area contributed by atoms with Crippen LogP contribution in [0.25, 0.3) is 0 Å². The van der Waals surface area contributed by atoms with Gasteiger partial charge in [0.2, 0.25) is 0 Å². The molecule has 1 aliphatic heterocycles. The van der Waals surface area contributed by atoms with E-state index in [1.807, 2.05) is 13.1 Å². The van der Waals surface area contributed by atoms with E-state index >= 15 is 0 Å². The first-order chi connectivity index (χ1) is 12.0. The van der Waals surface area contributed by atoms with Crippen molar-refractivity contribution in [3.05, 3.63) is 23.5 Å². The Hall–Kier alpha value is -1.80. The lowest BCUT2D eigenvalue weighted by Crippen LogP contribution is -2.46. The maximum Gasteiger partial charge on any atom is 0.147 e. The van der Waals surface area contributed by atoms with Crippen LogP contribution in [-0.2, 0) is 12.1 Å². The highest BCUT2D eigenvalue weighted by molar-refractivity contribution is 5.10. The van der Waals surface area contributed by atoms with Crippen LogP contribution in [0, 0.1) is 6.92 Å². The summed E-state index contributed by atoms with van der Waals surface area (Å²) in [5.74, 6) is 2.00. The third-order valence-corrected chi connectivity index (χ3v) is 5.28. The molecule has 0 radical (unpaired) electrons. The van der Waals surface area contributed by atoms with Crippen molar-refractivity contribution >= 4 is 0 Å². The van der Waals surface area contributed by atoms with E-state index in [4.69, 9.17) is 0 Å². The van der Waals surface area contributed by atoms with Crippen molar-refractivity contribution in [2.75, 3.05) is 13.1 Å². The molecule has 1 saturated heterocycles. The zero-order valence-corrected chi connectivity index (χ0v) is 15.3. The molecule has 2 aromatic rings. The van der Waals surface area contributed by atoms with Gasteiger partial charge in [-0.3, -0.25) is 4.90 Å². The third-order valence-electron chi connectivity index (χ3n) is 5.28. The van der Waals surface area contributed by atoms with Crippen LogP contribution >= 0.6 is 0 Å². The summed E-state index contributed by atoms with van der Waals surface area (Å²) in [6.45, 7) is 8.37. The second-order valence-electron chi connectivity index (χ2n) is 7.79. The summed E-state index contributed by atoms with van der Waals surface area (Å²) in [5.41, 5.74) is -0.268. The lowest BCUT2D eigenvalue weighted by Gasteiger charge is -2.37. The van der Waals surface area contributed by atoms with E-state index in [1.165, 1.54) is 12.8 Å². The fourth-order valence-corrected chi connectivity index (χ4v) is 3.74. The molecule has 0 spiro atoms. The second-order valence-corrected chi connectivity index (χ2v) is 7.79. The lowest BCUT2D eigenvalue weighted by molar-refractivity contribution is -0.0423. The predicted molar refractivity (Wildman–Crippen MR) is 91.8 cm³/mol. The molecule has 0 amide bonds. The number of aromatic nitrogens is 6. The zero-order chi connectivity index (χ0) is 17.6. The Morgan fingerprint density at radius 1 is 1.28 bits per heavy atom. The van der Waals surface area contributed by atoms with E-state index < -0.39 is 5.60 Å². The molecule has 4 rings (SSSR count). The van der Waals surface area contributed by atoms with Gasteiger partial charge in [-0.05, 0) is 53.0 Å². The molecule has 0 aromatic carbocycles. The Morgan fingerprint density at radius 2 is 2.08 bits per heavy atom. The van der Waals surface area contributed by atoms with E-state index in [2.05, 4.69) is 43.8 Å². The van der Waals surface area contributed by atoms with Crippen LogP contribution < -0.4 is 0 Å². The van der Waals surface area contributed by atoms with Crippen LogP contribution in [0.1, 0.15) is 69.0 Å². The molecular weight excluding hydrogens is 318 g/mol. The molecule has 2 fully saturated rings. The Labute approximate surface area is 147 Å². The number of hydrogen-bond acceptors (Lipinski definition) is 6. The molecule has 0 bridgehead atoms. The molecular formula is C17H27N7O. The first kappa shape index (κ1) is 16.7. The van der Waals surface area contributed by atoms with Gasteiger partial charge in [-0.2, -0.15) is 0 Å². The van der Waals surface area contributed by atoms with Gasteiger partial charge in [-0.25, -0.2) is 4.68 Å². The lowest BCUT2D eigenvalue weighted by atomic mass is 9.90. The van der Waals surface area contributed by atoms with Crippen molar-refractivity contribution in [1.82, 2.24) is 34.7 Å². The minimum Gasteiger partial charge on any atom is -0.382 e. The maximum atomic E-state index is 11.2. The molecule has 3 heterocycles. The predicted octanol–water partition coefficient (Wildman–Crippen LogP) is 1.58. The van der Waals surface area contributed by atoms with Crippen molar-refractivity contribution in [2.45, 2.75) is 70.7 Å². The zero-order valence-electron chi connectivity index (χ0n) is 15.3. The number of aliphatic hydroxyl groups is 1. The minimum atomic E-state index is -0.940. The van der Waals surface area contributed by atoms with Crippen LogP contribution in [0.2, 0.25) is 0 Å². The van der Waals surface area contributed by atoms with Gasteiger partial charge in [0.15, 0.2) is 0 Å². The number of nitrogens with zero attached hydrogens (tertiary/aromatic N) is 7. The van der Waals surface area contributed by atoms with E-state index in [1.54, 1.807) is 4.68 Å². The van der Waals surface area contributed by atoms with Crippen LogP contribution in [0.5, 0.6) is 0 Å². The summed E-state index contributed by atoms with van der Waals surface area (Å²) in [7, 11) is 0. The summed E-state index contributed by atoms with van der Waals surface area (Å²) in [6.07, 6.45) is 5.96. The molecule has 1 aliphatic carbocycles. The number of aryl methyl sites for hydroxylation is 1. The largest absolute Gasteiger partial charge is 0.382 e. The molecule has 1 N–H and O–H groups in total. The average Bonchev–Trinajstić information content (AvgIpc) is 3.13. The van der Waals surface area contributed by atoms with Crippen molar-refractivity contribution in [3.8, 4) is 0 Å². The summed E-state index contributed by atoms with van der Waals surface area (Å²) in [4.78, 5) is 2.26. The third kappa shape index (κ3) is 3.20. The monoisotopic (exact) mass is 345 g/mol. The second kappa shape index (κ2) is 6.17. The van der Waals surface area contributed by atoms with Crippen LogP contribution in [0.15, 0.2) is 6.20 Å². The van der Waals surface area contributed by atoms with Crippen molar-refractivity contribution in [3.63, 3.8) is 0 Å². The van der Waals surface area contributed by atoms with E-state index in [-0.39, 0.29) is 6.04 Å². The maximum absolute atomic E-state index is 11.2. The molecule has 25 heavy (non-hydrogen) atoms. The smallest absolute Gasteiger partial charge is 0.147 e. The van der Waals surface area contributed by atoms with Gasteiger partial charge in [-0.15, -0.1) is 15.3 Å². The van der Waals surface area contributed by atoms with Gasteiger partial charge in [0.05, 0.1) is 12.7 Å². The average molecular weight is 345 g/mol. The molecule has 2 aromatic heterocycles.